The third-order valence-corrected chi connectivity index (χ3v) is 7.46. The molecular formula is C24H25N3O4S2. The topological polar surface area (TPSA) is 79.9 Å². The normalized spacial score (nSPS) is 13.1. The minimum atomic E-state index is -3.66. The fourth-order valence-electron chi connectivity index (χ4n) is 3.77. The lowest BCUT2D eigenvalue weighted by Gasteiger charge is -2.30. The Balaban J connectivity index is 1.47. The van der Waals surface area contributed by atoms with Crippen LogP contribution in [0, 0.1) is 0 Å². The van der Waals surface area contributed by atoms with Crippen molar-refractivity contribution >= 4 is 44.4 Å². The summed E-state index contributed by atoms with van der Waals surface area (Å²) in [4.78, 5) is 0.237. The summed E-state index contributed by atoms with van der Waals surface area (Å²) in [5.74, 6) is 1.26. The number of benzene rings is 3. The van der Waals surface area contributed by atoms with Crippen molar-refractivity contribution < 1.29 is 17.9 Å². The second kappa shape index (κ2) is 9.68. The van der Waals surface area contributed by atoms with Gasteiger partial charge in [-0.25, -0.2) is 8.42 Å². The zero-order chi connectivity index (χ0) is 23.4. The zero-order valence-corrected chi connectivity index (χ0v) is 20.0. The van der Waals surface area contributed by atoms with E-state index in [1.165, 1.54) is 4.31 Å². The number of sulfonamides is 1. The van der Waals surface area contributed by atoms with E-state index in [1.807, 2.05) is 24.3 Å². The molecule has 3 aromatic rings. The highest BCUT2D eigenvalue weighted by Gasteiger charge is 2.28. The highest BCUT2D eigenvalue weighted by atomic mass is 32.2. The summed E-state index contributed by atoms with van der Waals surface area (Å²) in [5, 5.41) is 6.50. The fourth-order valence-corrected chi connectivity index (χ4v) is 5.54. The molecule has 33 heavy (non-hydrogen) atoms. The minimum Gasteiger partial charge on any atom is -0.497 e. The molecule has 4 rings (SSSR count). The number of ether oxygens (including phenoxy) is 2. The first-order valence-corrected chi connectivity index (χ1v) is 12.3. The number of hydrogen-bond acceptors (Lipinski definition) is 5. The lowest BCUT2D eigenvalue weighted by molar-refractivity contribution is 0.395. The van der Waals surface area contributed by atoms with E-state index in [0.717, 1.165) is 24.1 Å². The maximum Gasteiger partial charge on any atom is 0.264 e. The van der Waals surface area contributed by atoms with E-state index in [0.29, 0.717) is 34.5 Å². The largest absolute Gasteiger partial charge is 0.497 e. The number of para-hydroxylation sites is 1. The molecule has 0 saturated heterocycles. The van der Waals surface area contributed by atoms with E-state index >= 15 is 0 Å². The molecule has 0 spiro atoms. The van der Waals surface area contributed by atoms with Gasteiger partial charge in [-0.05, 0) is 73.1 Å². The van der Waals surface area contributed by atoms with E-state index in [9.17, 15) is 8.42 Å². The molecule has 1 heterocycles. The summed E-state index contributed by atoms with van der Waals surface area (Å²) in [6.07, 6.45) is 1.68. The first-order valence-electron chi connectivity index (χ1n) is 10.4. The number of hydrogen-bond donors (Lipinski definition) is 2. The molecule has 0 aromatic heterocycles. The summed E-state index contributed by atoms with van der Waals surface area (Å²) >= 11 is 5.40. The lowest BCUT2D eigenvalue weighted by Crippen LogP contribution is -2.35. The van der Waals surface area contributed by atoms with Crippen LogP contribution in [0.25, 0.3) is 0 Å². The Morgan fingerprint density at radius 2 is 1.73 bits per heavy atom. The fraction of sp³-hybridized carbons (Fsp3) is 0.208. The Hall–Kier alpha value is -3.30. The molecule has 0 aliphatic carbocycles. The number of aryl methyl sites for hydroxylation is 1. The Labute approximate surface area is 199 Å². The maximum atomic E-state index is 13.3. The predicted molar refractivity (Wildman–Crippen MR) is 135 cm³/mol. The molecule has 0 unspecified atom stereocenters. The third-order valence-electron chi connectivity index (χ3n) is 5.42. The SMILES string of the molecule is COc1ccc(NC(=S)Nc2ccc(S(=O)(=O)N3CCCc4ccccc43)cc2)c(OC)c1. The zero-order valence-electron chi connectivity index (χ0n) is 18.4. The van der Waals surface area contributed by atoms with Crippen LogP contribution in [0.1, 0.15) is 12.0 Å². The molecule has 1 aliphatic rings. The molecule has 0 saturated carbocycles. The van der Waals surface area contributed by atoms with Crippen LogP contribution in [0.4, 0.5) is 17.1 Å². The number of anilines is 3. The van der Waals surface area contributed by atoms with Crippen LogP contribution in [0.15, 0.2) is 71.6 Å². The van der Waals surface area contributed by atoms with Crippen molar-refractivity contribution in [3.63, 3.8) is 0 Å². The van der Waals surface area contributed by atoms with Crippen molar-refractivity contribution in [1.82, 2.24) is 0 Å². The summed E-state index contributed by atoms with van der Waals surface area (Å²) < 4.78 is 38.7. The van der Waals surface area contributed by atoms with Gasteiger partial charge in [0, 0.05) is 18.3 Å². The van der Waals surface area contributed by atoms with Crippen molar-refractivity contribution in [3.8, 4) is 11.5 Å². The molecule has 2 N–H and O–H groups in total. The molecular weight excluding hydrogens is 458 g/mol. The summed E-state index contributed by atoms with van der Waals surface area (Å²) in [6, 6.07) is 19.6. The molecule has 1 aliphatic heterocycles. The van der Waals surface area contributed by atoms with Crippen LogP contribution in [0.3, 0.4) is 0 Å². The monoisotopic (exact) mass is 483 g/mol. The van der Waals surface area contributed by atoms with Gasteiger partial charge in [-0.3, -0.25) is 4.31 Å². The molecule has 0 atom stereocenters. The molecule has 0 bridgehead atoms. The summed E-state index contributed by atoms with van der Waals surface area (Å²) in [7, 11) is -0.505. The average molecular weight is 484 g/mol. The number of methoxy groups -OCH3 is 2. The summed E-state index contributed by atoms with van der Waals surface area (Å²) in [5.41, 5.74) is 3.15. The van der Waals surface area contributed by atoms with E-state index in [1.54, 1.807) is 56.7 Å². The standard InChI is InChI=1S/C24H25N3O4S2/c1-30-19-11-14-21(23(16-19)31-2)26-24(32)25-18-9-12-20(13-10-18)33(28,29)27-15-5-7-17-6-3-4-8-22(17)27/h3-4,6,8-14,16H,5,7,15H2,1-2H3,(H2,25,26,32). The van der Waals surface area contributed by atoms with Crippen LogP contribution < -0.4 is 24.4 Å². The van der Waals surface area contributed by atoms with Gasteiger partial charge in [-0.2, -0.15) is 0 Å². The van der Waals surface area contributed by atoms with Gasteiger partial charge in [0.05, 0.1) is 30.5 Å². The van der Waals surface area contributed by atoms with E-state index in [4.69, 9.17) is 21.7 Å². The van der Waals surface area contributed by atoms with Gasteiger partial charge in [0.1, 0.15) is 11.5 Å². The Morgan fingerprint density at radius 3 is 2.45 bits per heavy atom. The van der Waals surface area contributed by atoms with Gasteiger partial charge < -0.3 is 20.1 Å². The molecule has 3 aromatic carbocycles. The van der Waals surface area contributed by atoms with Crippen molar-refractivity contribution in [2.45, 2.75) is 17.7 Å². The van der Waals surface area contributed by atoms with E-state index in [2.05, 4.69) is 10.6 Å². The van der Waals surface area contributed by atoms with Gasteiger partial charge in [-0.15, -0.1) is 0 Å². The maximum absolute atomic E-state index is 13.3. The van der Waals surface area contributed by atoms with Gasteiger partial charge in [0.25, 0.3) is 10.0 Å². The van der Waals surface area contributed by atoms with E-state index < -0.39 is 10.0 Å². The Morgan fingerprint density at radius 1 is 0.970 bits per heavy atom. The highest BCUT2D eigenvalue weighted by Crippen LogP contribution is 2.32. The Kier molecular flexibility index (Phi) is 6.71. The summed E-state index contributed by atoms with van der Waals surface area (Å²) in [6.45, 7) is 0.469. The van der Waals surface area contributed by atoms with Crippen molar-refractivity contribution in [3.05, 3.63) is 72.3 Å². The second-order valence-corrected chi connectivity index (χ2v) is 9.75. The van der Waals surface area contributed by atoms with Crippen LogP contribution in [-0.2, 0) is 16.4 Å². The number of rotatable bonds is 6. The van der Waals surface area contributed by atoms with Gasteiger partial charge >= 0.3 is 0 Å². The molecule has 0 fully saturated rings. The molecule has 172 valence electrons. The van der Waals surface area contributed by atoms with Crippen LogP contribution in [0.5, 0.6) is 11.5 Å². The molecule has 9 heteroatoms. The minimum absolute atomic E-state index is 0.237. The van der Waals surface area contributed by atoms with Crippen molar-refractivity contribution in [1.29, 1.82) is 0 Å². The number of nitrogens with zero attached hydrogens (tertiary/aromatic N) is 1. The van der Waals surface area contributed by atoms with Crippen LogP contribution >= 0.6 is 12.2 Å². The quantitative estimate of drug-likeness (QED) is 0.494. The molecule has 0 radical (unpaired) electrons. The number of fused-ring (bicyclic) bond motifs is 1. The van der Waals surface area contributed by atoms with Crippen LogP contribution in [-0.4, -0.2) is 34.3 Å². The van der Waals surface area contributed by atoms with Crippen LogP contribution in [0.2, 0.25) is 0 Å². The van der Waals surface area contributed by atoms with Crippen molar-refractivity contribution in [2.75, 3.05) is 35.7 Å². The third kappa shape index (κ3) is 4.89. The van der Waals surface area contributed by atoms with Crippen molar-refractivity contribution in [2.24, 2.45) is 0 Å². The molecule has 0 amide bonds. The first kappa shape index (κ1) is 22.9. The predicted octanol–water partition coefficient (Wildman–Crippen LogP) is 4.65. The highest BCUT2D eigenvalue weighted by molar-refractivity contribution is 7.92. The number of thiocarbonyl (C=S) groups is 1. The average Bonchev–Trinajstić information content (AvgIpc) is 2.84. The first-order chi connectivity index (χ1) is 15.9. The molecule has 7 nitrogen and oxygen atoms in total. The van der Waals surface area contributed by atoms with Gasteiger partial charge in [-0.1, -0.05) is 18.2 Å². The van der Waals surface area contributed by atoms with Gasteiger partial charge in [0.15, 0.2) is 5.11 Å². The lowest BCUT2D eigenvalue weighted by atomic mass is 10.0. The smallest absolute Gasteiger partial charge is 0.264 e. The van der Waals surface area contributed by atoms with Gasteiger partial charge in [0.2, 0.25) is 0 Å². The number of nitrogens with one attached hydrogen (secondary N) is 2. The second-order valence-electron chi connectivity index (χ2n) is 7.48. The van der Waals surface area contributed by atoms with E-state index in [-0.39, 0.29) is 4.90 Å². The Bertz CT molecular complexity index is 1260.